The Kier molecular flexibility index (Phi) is 6.01. The Bertz CT molecular complexity index is 779. The maximum Gasteiger partial charge on any atom is 0.224 e. The summed E-state index contributed by atoms with van der Waals surface area (Å²) < 4.78 is 7.86. The topological polar surface area (TPSA) is 63.2 Å². The Morgan fingerprint density at radius 1 is 1.12 bits per heavy atom. The van der Waals surface area contributed by atoms with Crippen LogP contribution in [0, 0.1) is 6.92 Å². The van der Waals surface area contributed by atoms with Gasteiger partial charge < -0.3 is 13.9 Å². The number of rotatable bonds is 9. The standard InChI is InChI=1S/C19H26N6O/c1-16-5-6-18(26-16)14-25(9-4-8-24-10-7-20-15-24)13-17-11-21-19(22-12-17)23(2)3/h5-7,10-12,15H,4,8-9,13-14H2,1-3H3. The van der Waals surface area contributed by atoms with E-state index in [1.165, 1.54) is 0 Å². The third-order valence-corrected chi connectivity index (χ3v) is 4.12. The second-order valence-corrected chi connectivity index (χ2v) is 6.66. The number of imidazole rings is 1. The van der Waals surface area contributed by atoms with Crippen LogP contribution < -0.4 is 4.90 Å². The predicted octanol–water partition coefficient (Wildman–Crippen LogP) is 2.73. The van der Waals surface area contributed by atoms with Gasteiger partial charge in [0.2, 0.25) is 5.95 Å². The van der Waals surface area contributed by atoms with Crippen molar-refractivity contribution in [1.29, 1.82) is 0 Å². The van der Waals surface area contributed by atoms with Crippen molar-refractivity contribution in [3.8, 4) is 0 Å². The van der Waals surface area contributed by atoms with Crippen molar-refractivity contribution in [2.24, 2.45) is 0 Å². The van der Waals surface area contributed by atoms with Crippen LogP contribution in [0.15, 0.2) is 47.7 Å². The highest BCUT2D eigenvalue weighted by atomic mass is 16.3. The maximum absolute atomic E-state index is 5.76. The molecule has 3 heterocycles. The first-order chi connectivity index (χ1) is 12.6. The molecular weight excluding hydrogens is 328 g/mol. The Labute approximate surface area is 154 Å². The van der Waals surface area contributed by atoms with E-state index in [0.29, 0.717) is 0 Å². The maximum atomic E-state index is 5.76. The largest absolute Gasteiger partial charge is 0.465 e. The fraction of sp³-hybridized carbons (Fsp3) is 0.421. The van der Waals surface area contributed by atoms with E-state index in [1.54, 1.807) is 0 Å². The molecule has 26 heavy (non-hydrogen) atoms. The van der Waals surface area contributed by atoms with E-state index in [-0.39, 0.29) is 0 Å². The van der Waals surface area contributed by atoms with Crippen molar-refractivity contribution in [1.82, 2.24) is 24.4 Å². The average molecular weight is 354 g/mol. The van der Waals surface area contributed by atoms with E-state index < -0.39 is 0 Å². The highest BCUT2D eigenvalue weighted by molar-refractivity contribution is 5.26. The van der Waals surface area contributed by atoms with Crippen LogP contribution in [0.3, 0.4) is 0 Å². The SMILES string of the molecule is Cc1ccc(CN(CCCn2ccnc2)Cc2cnc(N(C)C)nc2)o1. The molecule has 0 fully saturated rings. The van der Waals surface area contributed by atoms with Crippen LogP contribution in [0.25, 0.3) is 0 Å². The van der Waals surface area contributed by atoms with Crippen molar-refractivity contribution in [3.63, 3.8) is 0 Å². The Balaban J connectivity index is 1.62. The highest BCUT2D eigenvalue weighted by Crippen LogP contribution is 2.13. The molecule has 7 nitrogen and oxygen atoms in total. The van der Waals surface area contributed by atoms with Gasteiger partial charge in [-0.1, -0.05) is 0 Å². The second kappa shape index (κ2) is 8.62. The molecule has 0 amide bonds. The van der Waals surface area contributed by atoms with Gasteiger partial charge in [0, 0.05) is 64.1 Å². The number of hydrogen-bond acceptors (Lipinski definition) is 6. The van der Waals surface area contributed by atoms with Crippen LogP contribution >= 0.6 is 0 Å². The first kappa shape index (κ1) is 18.1. The van der Waals surface area contributed by atoms with Gasteiger partial charge in [0.05, 0.1) is 12.9 Å². The van der Waals surface area contributed by atoms with E-state index >= 15 is 0 Å². The lowest BCUT2D eigenvalue weighted by atomic mass is 10.2. The van der Waals surface area contributed by atoms with Crippen LogP contribution in [0.5, 0.6) is 0 Å². The van der Waals surface area contributed by atoms with E-state index in [1.807, 2.05) is 69.2 Å². The molecule has 0 aliphatic rings. The molecule has 0 aliphatic heterocycles. The first-order valence-corrected chi connectivity index (χ1v) is 8.82. The number of aromatic nitrogens is 4. The number of aryl methyl sites for hydroxylation is 2. The van der Waals surface area contributed by atoms with Crippen molar-refractivity contribution in [2.75, 3.05) is 25.5 Å². The molecule has 3 rings (SSSR count). The summed E-state index contributed by atoms with van der Waals surface area (Å²) in [6.07, 6.45) is 10.5. The van der Waals surface area contributed by atoms with Gasteiger partial charge >= 0.3 is 0 Å². The van der Waals surface area contributed by atoms with E-state index in [2.05, 4.69) is 24.4 Å². The second-order valence-electron chi connectivity index (χ2n) is 6.66. The Hall–Kier alpha value is -2.67. The lowest BCUT2D eigenvalue weighted by Gasteiger charge is -2.21. The molecule has 7 heteroatoms. The molecule has 0 radical (unpaired) electrons. The van der Waals surface area contributed by atoms with Crippen LogP contribution in [0.2, 0.25) is 0 Å². The quantitative estimate of drug-likeness (QED) is 0.589. The van der Waals surface area contributed by atoms with Gasteiger partial charge in [-0.25, -0.2) is 15.0 Å². The fourth-order valence-electron chi connectivity index (χ4n) is 2.82. The zero-order chi connectivity index (χ0) is 18.4. The van der Waals surface area contributed by atoms with E-state index in [0.717, 1.165) is 55.6 Å². The molecule has 3 aromatic rings. The number of anilines is 1. The Morgan fingerprint density at radius 2 is 1.92 bits per heavy atom. The number of hydrogen-bond donors (Lipinski definition) is 0. The molecule has 0 bridgehead atoms. The molecule has 0 unspecified atom stereocenters. The molecular formula is C19H26N6O. The zero-order valence-corrected chi connectivity index (χ0v) is 15.7. The molecule has 0 N–H and O–H groups in total. The fourth-order valence-corrected chi connectivity index (χ4v) is 2.82. The van der Waals surface area contributed by atoms with Gasteiger partial charge in [-0.3, -0.25) is 4.90 Å². The monoisotopic (exact) mass is 354 g/mol. The normalized spacial score (nSPS) is 11.2. The van der Waals surface area contributed by atoms with Crippen molar-refractivity contribution < 1.29 is 4.42 Å². The molecule has 0 atom stereocenters. The first-order valence-electron chi connectivity index (χ1n) is 8.82. The van der Waals surface area contributed by atoms with Crippen LogP contribution in [0.4, 0.5) is 5.95 Å². The van der Waals surface area contributed by atoms with Crippen LogP contribution in [0.1, 0.15) is 23.5 Å². The molecule has 138 valence electrons. The lowest BCUT2D eigenvalue weighted by molar-refractivity contribution is 0.227. The average Bonchev–Trinajstić information content (AvgIpc) is 3.27. The minimum Gasteiger partial charge on any atom is -0.465 e. The Morgan fingerprint density at radius 3 is 2.54 bits per heavy atom. The predicted molar refractivity (Wildman–Crippen MR) is 101 cm³/mol. The van der Waals surface area contributed by atoms with Gasteiger partial charge in [-0.2, -0.15) is 0 Å². The van der Waals surface area contributed by atoms with Crippen LogP contribution in [-0.2, 0) is 19.6 Å². The van der Waals surface area contributed by atoms with Gasteiger partial charge in [-0.15, -0.1) is 0 Å². The summed E-state index contributed by atoms with van der Waals surface area (Å²) in [5.41, 5.74) is 1.10. The third-order valence-electron chi connectivity index (χ3n) is 4.12. The summed E-state index contributed by atoms with van der Waals surface area (Å²) in [5, 5.41) is 0. The van der Waals surface area contributed by atoms with Gasteiger partial charge in [0.25, 0.3) is 0 Å². The molecule has 0 spiro atoms. The summed E-state index contributed by atoms with van der Waals surface area (Å²) in [6, 6.07) is 4.05. The van der Waals surface area contributed by atoms with E-state index in [4.69, 9.17) is 4.42 Å². The smallest absolute Gasteiger partial charge is 0.224 e. The summed E-state index contributed by atoms with van der Waals surface area (Å²) in [6.45, 7) is 5.43. The minimum absolute atomic E-state index is 0.724. The van der Waals surface area contributed by atoms with Crippen molar-refractivity contribution in [3.05, 3.63) is 60.3 Å². The molecule has 0 aromatic carbocycles. The third kappa shape index (κ3) is 5.16. The van der Waals surface area contributed by atoms with Crippen LogP contribution in [-0.4, -0.2) is 45.1 Å². The van der Waals surface area contributed by atoms with Crippen molar-refractivity contribution >= 4 is 5.95 Å². The minimum atomic E-state index is 0.724. The van der Waals surface area contributed by atoms with Gasteiger partial charge in [0.15, 0.2) is 0 Å². The number of nitrogens with zero attached hydrogens (tertiary/aromatic N) is 6. The van der Waals surface area contributed by atoms with Crippen molar-refractivity contribution in [2.45, 2.75) is 33.0 Å². The van der Waals surface area contributed by atoms with Gasteiger partial charge in [0.1, 0.15) is 11.5 Å². The van der Waals surface area contributed by atoms with E-state index in [9.17, 15) is 0 Å². The number of furan rings is 1. The summed E-state index contributed by atoms with van der Waals surface area (Å²) in [7, 11) is 3.88. The summed E-state index contributed by atoms with van der Waals surface area (Å²) in [4.78, 5) is 17.2. The highest BCUT2D eigenvalue weighted by Gasteiger charge is 2.11. The summed E-state index contributed by atoms with van der Waals surface area (Å²) in [5.74, 6) is 2.65. The van der Waals surface area contributed by atoms with Gasteiger partial charge in [-0.05, 0) is 25.5 Å². The molecule has 0 saturated heterocycles. The molecule has 0 saturated carbocycles. The summed E-state index contributed by atoms with van der Waals surface area (Å²) >= 11 is 0. The lowest BCUT2D eigenvalue weighted by Crippen LogP contribution is -2.25. The molecule has 3 aromatic heterocycles. The molecule has 0 aliphatic carbocycles. The zero-order valence-electron chi connectivity index (χ0n) is 15.7.